The predicted octanol–water partition coefficient (Wildman–Crippen LogP) is 3.51. The molecule has 8 nitrogen and oxygen atoms in total. The van der Waals surface area contributed by atoms with Gasteiger partial charge in [0.15, 0.2) is 11.5 Å². The van der Waals surface area contributed by atoms with Crippen LogP contribution >= 0.6 is 11.8 Å². The lowest BCUT2D eigenvalue weighted by Crippen LogP contribution is -2.34. The second kappa shape index (κ2) is 9.94. The molecule has 0 radical (unpaired) electrons. The van der Waals surface area contributed by atoms with Crippen molar-refractivity contribution in [1.29, 1.82) is 0 Å². The fourth-order valence-electron chi connectivity index (χ4n) is 2.72. The van der Waals surface area contributed by atoms with Crippen LogP contribution in [0.3, 0.4) is 0 Å². The Labute approximate surface area is 182 Å². The molecule has 1 saturated heterocycles. The van der Waals surface area contributed by atoms with E-state index in [0.29, 0.717) is 28.6 Å². The van der Waals surface area contributed by atoms with Gasteiger partial charge < -0.3 is 14.2 Å². The van der Waals surface area contributed by atoms with E-state index in [9.17, 15) is 19.2 Å². The third-order valence-electron chi connectivity index (χ3n) is 4.16. The Hall–Kier alpha value is -3.59. The van der Waals surface area contributed by atoms with Crippen LogP contribution in [0, 0.1) is 0 Å². The molecule has 160 valence electrons. The SMILES string of the molecule is CCOC(=O)CN1C(=O)S/C(=C\c2ccc(OC)c(OC(=O)c3ccccc3)c2)C1=O. The zero-order valence-electron chi connectivity index (χ0n) is 16.8. The maximum Gasteiger partial charge on any atom is 0.343 e. The number of amides is 2. The molecule has 0 atom stereocenters. The van der Waals surface area contributed by atoms with Crippen molar-refractivity contribution in [2.75, 3.05) is 20.3 Å². The minimum atomic E-state index is -0.661. The molecule has 1 heterocycles. The molecule has 9 heteroatoms. The maximum atomic E-state index is 12.5. The largest absolute Gasteiger partial charge is 0.493 e. The molecule has 0 N–H and O–H groups in total. The topological polar surface area (TPSA) is 99.2 Å². The van der Waals surface area contributed by atoms with Crippen molar-refractivity contribution in [3.05, 3.63) is 64.6 Å². The summed E-state index contributed by atoms with van der Waals surface area (Å²) in [7, 11) is 1.44. The third kappa shape index (κ3) is 5.32. The van der Waals surface area contributed by atoms with E-state index < -0.39 is 29.6 Å². The summed E-state index contributed by atoms with van der Waals surface area (Å²) in [6.45, 7) is 1.34. The lowest BCUT2D eigenvalue weighted by Gasteiger charge is -2.11. The summed E-state index contributed by atoms with van der Waals surface area (Å²) in [4.78, 5) is 49.6. The molecule has 1 fully saturated rings. The Bertz CT molecular complexity index is 1050. The van der Waals surface area contributed by atoms with Crippen LogP contribution in [0.4, 0.5) is 4.79 Å². The summed E-state index contributed by atoms with van der Waals surface area (Å²) in [5.41, 5.74) is 0.883. The van der Waals surface area contributed by atoms with Crippen LogP contribution < -0.4 is 9.47 Å². The number of carbonyl (C=O) groups excluding carboxylic acids is 4. The molecule has 0 unspecified atom stereocenters. The molecule has 2 amide bonds. The number of imide groups is 1. The Kier molecular flexibility index (Phi) is 7.09. The average Bonchev–Trinajstić information content (AvgIpc) is 3.02. The number of hydrogen-bond donors (Lipinski definition) is 0. The lowest BCUT2D eigenvalue weighted by molar-refractivity contribution is -0.145. The van der Waals surface area contributed by atoms with Crippen LogP contribution in [0.25, 0.3) is 6.08 Å². The Morgan fingerprint density at radius 3 is 2.48 bits per heavy atom. The van der Waals surface area contributed by atoms with Crippen molar-refractivity contribution in [2.24, 2.45) is 0 Å². The molecule has 2 aromatic carbocycles. The van der Waals surface area contributed by atoms with E-state index in [1.807, 2.05) is 0 Å². The fourth-order valence-corrected chi connectivity index (χ4v) is 3.56. The zero-order valence-corrected chi connectivity index (χ0v) is 17.6. The smallest absolute Gasteiger partial charge is 0.343 e. The summed E-state index contributed by atoms with van der Waals surface area (Å²) in [6, 6.07) is 13.2. The quantitative estimate of drug-likeness (QED) is 0.366. The second-order valence-corrected chi connectivity index (χ2v) is 7.23. The summed E-state index contributed by atoms with van der Waals surface area (Å²) in [5, 5.41) is -0.562. The number of carbonyl (C=O) groups is 4. The molecule has 0 spiro atoms. The molecule has 0 saturated carbocycles. The number of methoxy groups -OCH3 is 1. The Balaban J connectivity index is 1.82. The highest BCUT2D eigenvalue weighted by molar-refractivity contribution is 8.18. The summed E-state index contributed by atoms with van der Waals surface area (Å²) in [6.07, 6.45) is 1.48. The normalized spacial score (nSPS) is 14.6. The van der Waals surface area contributed by atoms with Crippen molar-refractivity contribution in [1.82, 2.24) is 4.90 Å². The van der Waals surface area contributed by atoms with Crippen molar-refractivity contribution >= 4 is 40.9 Å². The van der Waals surface area contributed by atoms with Gasteiger partial charge in [-0.05, 0) is 54.6 Å². The molecule has 3 rings (SSSR count). The van der Waals surface area contributed by atoms with Crippen LogP contribution in [0.2, 0.25) is 0 Å². The summed E-state index contributed by atoms with van der Waals surface area (Å²) < 4.78 is 15.5. The molecule has 2 aromatic rings. The van der Waals surface area contributed by atoms with Gasteiger partial charge in [-0.2, -0.15) is 0 Å². The number of nitrogens with zero attached hydrogens (tertiary/aromatic N) is 1. The molecule has 0 aliphatic carbocycles. The van der Waals surface area contributed by atoms with E-state index in [-0.39, 0.29) is 17.3 Å². The summed E-state index contributed by atoms with van der Waals surface area (Å²) in [5.74, 6) is -1.33. The molecule has 1 aliphatic heterocycles. The highest BCUT2D eigenvalue weighted by atomic mass is 32.2. The van der Waals surface area contributed by atoms with E-state index in [1.165, 1.54) is 19.3 Å². The molecule has 0 aromatic heterocycles. The monoisotopic (exact) mass is 441 g/mol. The number of benzene rings is 2. The van der Waals surface area contributed by atoms with E-state index >= 15 is 0 Å². The average molecular weight is 441 g/mol. The van der Waals surface area contributed by atoms with E-state index in [1.54, 1.807) is 49.4 Å². The molecular weight excluding hydrogens is 422 g/mol. The highest BCUT2D eigenvalue weighted by Crippen LogP contribution is 2.34. The highest BCUT2D eigenvalue weighted by Gasteiger charge is 2.36. The first kappa shape index (κ1) is 22.1. The first-order valence-electron chi connectivity index (χ1n) is 9.29. The van der Waals surface area contributed by atoms with Crippen molar-refractivity contribution in [3.63, 3.8) is 0 Å². The van der Waals surface area contributed by atoms with Crippen LogP contribution in [0.5, 0.6) is 11.5 Å². The van der Waals surface area contributed by atoms with Gasteiger partial charge in [-0.1, -0.05) is 24.3 Å². The van der Waals surface area contributed by atoms with Crippen molar-refractivity contribution < 1.29 is 33.4 Å². The third-order valence-corrected chi connectivity index (χ3v) is 5.07. The van der Waals surface area contributed by atoms with E-state index in [0.717, 1.165) is 4.90 Å². The van der Waals surface area contributed by atoms with Gasteiger partial charge in [-0.15, -0.1) is 0 Å². The number of esters is 2. The number of rotatable bonds is 7. The number of ether oxygens (including phenoxy) is 3. The Morgan fingerprint density at radius 1 is 1.06 bits per heavy atom. The lowest BCUT2D eigenvalue weighted by atomic mass is 10.1. The standard InChI is InChI=1S/C22H19NO7S/c1-3-29-19(24)13-23-20(25)18(31-22(23)27)12-14-9-10-16(28-2)17(11-14)30-21(26)15-7-5-4-6-8-15/h4-12H,3,13H2,1-2H3/b18-12-. The first-order chi connectivity index (χ1) is 14.9. The van der Waals surface area contributed by atoms with Crippen molar-refractivity contribution in [3.8, 4) is 11.5 Å². The maximum absolute atomic E-state index is 12.5. The van der Waals surface area contributed by atoms with E-state index in [4.69, 9.17) is 14.2 Å². The minimum Gasteiger partial charge on any atom is -0.493 e. The van der Waals surface area contributed by atoms with E-state index in [2.05, 4.69) is 0 Å². The van der Waals surface area contributed by atoms with Crippen LogP contribution in [-0.4, -0.2) is 48.2 Å². The number of thioether (sulfide) groups is 1. The first-order valence-corrected chi connectivity index (χ1v) is 10.1. The van der Waals surface area contributed by atoms with Gasteiger partial charge >= 0.3 is 11.9 Å². The Morgan fingerprint density at radius 2 is 1.81 bits per heavy atom. The molecular formula is C22H19NO7S. The minimum absolute atomic E-state index is 0.139. The second-order valence-electron chi connectivity index (χ2n) is 6.24. The van der Waals surface area contributed by atoms with Gasteiger partial charge in [0.05, 0.1) is 24.2 Å². The predicted molar refractivity (Wildman–Crippen MR) is 114 cm³/mol. The zero-order chi connectivity index (χ0) is 22.4. The molecule has 1 aliphatic rings. The van der Waals surface area contributed by atoms with Crippen LogP contribution in [0.15, 0.2) is 53.4 Å². The van der Waals surface area contributed by atoms with Gasteiger partial charge in [-0.25, -0.2) is 4.79 Å². The van der Waals surface area contributed by atoms with Gasteiger partial charge in [0, 0.05) is 0 Å². The van der Waals surface area contributed by atoms with Gasteiger partial charge in [0.25, 0.3) is 11.1 Å². The fraction of sp³-hybridized carbons (Fsp3) is 0.182. The number of hydrogen-bond acceptors (Lipinski definition) is 8. The molecule has 31 heavy (non-hydrogen) atoms. The van der Waals surface area contributed by atoms with Gasteiger partial charge in [0.1, 0.15) is 6.54 Å². The van der Waals surface area contributed by atoms with Crippen LogP contribution in [-0.2, 0) is 14.3 Å². The van der Waals surface area contributed by atoms with Gasteiger partial charge in [-0.3, -0.25) is 19.3 Å². The van der Waals surface area contributed by atoms with Crippen molar-refractivity contribution in [2.45, 2.75) is 6.92 Å². The van der Waals surface area contributed by atoms with Gasteiger partial charge in [0.2, 0.25) is 0 Å². The summed E-state index contributed by atoms with van der Waals surface area (Å²) >= 11 is 0.715. The van der Waals surface area contributed by atoms with Crippen LogP contribution in [0.1, 0.15) is 22.8 Å². The molecule has 0 bridgehead atoms.